The predicted octanol–water partition coefficient (Wildman–Crippen LogP) is -2.07. The van der Waals surface area contributed by atoms with Crippen LogP contribution in [0.25, 0.3) is 0 Å². The quantitative estimate of drug-likeness (QED) is 0.314. The second kappa shape index (κ2) is 9.85. The molecule has 0 saturated carbocycles. The molecule has 0 atom stereocenters. The molecule has 0 aliphatic heterocycles. The molecule has 0 heterocycles. The molecule has 0 aliphatic rings. The maximum atomic E-state index is 8.88. The van der Waals surface area contributed by atoms with E-state index in [2.05, 4.69) is 0 Å². The molecule has 0 aromatic carbocycles. The zero-order valence-corrected chi connectivity index (χ0v) is 10.4. The molecular weight excluding hydrogens is 203 g/mol. The van der Waals surface area contributed by atoms with Gasteiger partial charge in [0.2, 0.25) is 0 Å². The summed E-state index contributed by atoms with van der Waals surface area (Å²) in [6, 6.07) is 0. The van der Waals surface area contributed by atoms with Gasteiger partial charge in [-0.1, -0.05) is 0 Å². The van der Waals surface area contributed by atoms with Crippen LogP contribution in [0.2, 0.25) is 0 Å². The van der Waals surface area contributed by atoms with Gasteiger partial charge in [0.25, 0.3) is 0 Å². The molecule has 0 aromatic heterocycles. The van der Waals surface area contributed by atoms with E-state index in [-0.39, 0.29) is 86.4 Å². The van der Waals surface area contributed by atoms with Gasteiger partial charge in [0.15, 0.2) is 0 Å². The molecule has 0 bridgehead atoms. The summed E-state index contributed by atoms with van der Waals surface area (Å²) in [6.07, 6.45) is 0. The predicted molar refractivity (Wildman–Crippen MR) is 31.5 cm³/mol. The minimum Gasteiger partial charge on any atom is -0.303 e. The Bertz CT molecular complexity index is 60.2. The number of hydrogen-bond donors (Lipinski definition) is 3. The first-order chi connectivity index (χ1) is 2.00. The molecule has 0 fully saturated rings. The molecule has 0 unspecified atom stereocenters. The Balaban J connectivity index is -0.0000000267. The van der Waals surface area contributed by atoms with E-state index in [0.29, 0.717) is 0 Å². The van der Waals surface area contributed by atoms with E-state index in [1.54, 1.807) is 0 Å². The van der Waals surface area contributed by atoms with Gasteiger partial charge in [0.05, 0.1) is 0 Å². The molecule has 3 N–H and O–H groups in total. The van der Waals surface area contributed by atoms with Gasteiger partial charge in [-0.05, 0) is 0 Å². The Morgan fingerprint density at radius 2 is 1.00 bits per heavy atom. The van der Waals surface area contributed by atoms with Crippen molar-refractivity contribution in [2.75, 3.05) is 0 Å². The second-order valence-electron chi connectivity index (χ2n) is 0.513. The topological polar surface area (TPSA) is 77.8 Å². The van der Waals surface area contributed by atoms with Crippen LogP contribution in [0.4, 0.5) is 0 Å². The van der Waals surface area contributed by atoms with Gasteiger partial charge < -0.3 is 14.7 Å². The Morgan fingerprint density at radius 1 is 1.00 bits per heavy atom. The number of phosphoric acid groups is 1. The van der Waals surface area contributed by atoms with Gasteiger partial charge >= 0.3 is 94.3 Å². The molecule has 0 aliphatic carbocycles. The van der Waals surface area contributed by atoms with Crippen molar-refractivity contribution in [2.45, 2.75) is 0 Å². The van der Waals surface area contributed by atoms with E-state index < -0.39 is 7.82 Å². The van der Waals surface area contributed by atoms with Crippen LogP contribution < -0.4 is 0 Å². The smallest absolute Gasteiger partial charge is 0.303 e. The normalized spacial score (nSPS) is 7.38. The molecule has 4 nitrogen and oxygen atoms in total. The third-order valence-corrected chi connectivity index (χ3v) is 0. The van der Waals surface area contributed by atoms with E-state index in [0.717, 1.165) is 0 Å². The first-order valence-electron chi connectivity index (χ1n) is 0.783. The van der Waals surface area contributed by atoms with Gasteiger partial charge in [-0.2, -0.15) is 0 Å². The molecule has 0 amide bonds. The average molecular weight is 206 g/mol. The third kappa shape index (κ3) is 67.2. The monoisotopic (exact) mass is 206 g/mol. The maximum Gasteiger partial charge on any atom is 4.00 e. The van der Waals surface area contributed by atoms with Gasteiger partial charge in [0.1, 0.15) is 0 Å². The zero-order valence-electron chi connectivity index (χ0n) is 4.11. The van der Waals surface area contributed by atoms with E-state index in [1.165, 1.54) is 0 Å². The van der Waals surface area contributed by atoms with Gasteiger partial charge in [-0.25, -0.2) is 4.57 Å². The summed E-state index contributed by atoms with van der Waals surface area (Å²) in [5.41, 5.74) is 0. The molecule has 0 rings (SSSR count). The summed E-state index contributed by atoms with van der Waals surface area (Å²) in [5.74, 6) is 0. The summed E-state index contributed by atoms with van der Waals surface area (Å²) < 4.78 is 8.88. The first-order valence-corrected chi connectivity index (χ1v) is 2.35. The van der Waals surface area contributed by atoms with Gasteiger partial charge in [-0.15, -0.1) is 0 Å². The molecule has 8 heteroatoms. The number of rotatable bonds is 0. The van der Waals surface area contributed by atoms with Crippen LogP contribution in [0, 0.1) is 0 Å². The van der Waals surface area contributed by atoms with Crippen LogP contribution >= 0.6 is 7.82 Å². The van der Waals surface area contributed by atoms with Crippen molar-refractivity contribution in [3.05, 3.63) is 0 Å². The van der Waals surface area contributed by atoms with Crippen molar-refractivity contribution in [1.82, 2.24) is 0 Å². The van der Waals surface area contributed by atoms with Crippen molar-refractivity contribution in [1.29, 1.82) is 0 Å². The minimum atomic E-state index is -4.64. The second-order valence-corrected chi connectivity index (χ2v) is 1.54. The summed E-state index contributed by atoms with van der Waals surface area (Å²) in [4.78, 5) is 21.6. The largest absolute Gasteiger partial charge is 4.00 e. The van der Waals surface area contributed by atoms with Crippen LogP contribution in [0.5, 0.6) is 0 Å². The molecule has 0 radical (unpaired) electrons. The van der Waals surface area contributed by atoms with Crippen molar-refractivity contribution in [2.24, 2.45) is 0 Å². The fourth-order valence-electron chi connectivity index (χ4n) is 0. The van der Waals surface area contributed by atoms with E-state index >= 15 is 0 Å². The molecule has 32 valence electrons. The maximum absolute atomic E-state index is 8.88. The number of hydrogen-bond acceptors (Lipinski definition) is 1. The Labute approximate surface area is 111 Å². The Morgan fingerprint density at radius 3 is 1.00 bits per heavy atom. The third-order valence-electron chi connectivity index (χ3n) is 0. The van der Waals surface area contributed by atoms with Crippen LogP contribution in [-0.4, -0.2) is 101 Å². The Hall–Kier alpha value is 2.85. The van der Waals surface area contributed by atoms with Crippen molar-refractivity contribution >= 4 is 94.3 Å². The molecule has 0 saturated heterocycles. The molecule has 0 spiro atoms. The van der Waals surface area contributed by atoms with Crippen LogP contribution in [0.1, 0.15) is 0 Å². The molecular formula is H3Ca2O4PSi+8. The summed E-state index contributed by atoms with van der Waals surface area (Å²) in [6.45, 7) is 0. The van der Waals surface area contributed by atoms with Gasteiger partial charge in [-0.3, -0.25) is 0 Å². The van der Waals surface area contributed by atoms with E-state index in [9.17, 15) is 0 Å². The van der Waals surface area contributed by atoms with Crippen molar-refractivity contribution in [3.63, 3.8) is 0 Å². The fraction of sp³-hybridized carbons (Fsp3) is 0. The SMILES string of the molecule is O=P(O)(O)O.[Ca+2].[Ca+2].[Si+4]. The van der Waals surface area contributed by atoms with Crippen LogP contribution in [0.3, 0.4) is 0 Å². The van der Waals surface area contributed by atoms with E-state index in [1.807, 2.05) is 0 Å². The van der Waals surface area contributed by atoms with Gasteiger partial charge in [0, 0.05) is 0 Å². The summed E-state index contributed by atoms with van der Waals surface area (Å²) >= 11 is 0. The standard InChI is InChI=1S/2Ca.H3O4P.Si/c;;1-5(2,3)4;/h;;(H3,1,2,3,4);/q2*+2;;+4. The zero-order chi connectivity index (χ0) is 4.50. The van der Waals surface area contributed by atoms with Crippen LogP contribution in [-0.2, 0) is 4.57 Å². The summed E-state index contributed by atoms with van der Waals surface area (Å²) in [5, 5.41) is 0. The van der Waals surface area contributed by atoms with Crippen molar-refractivity contribution in [3.8, 4) is 0 Å². The average Bonchev–Trinajstić information content (AvgIpc) is 0.722. The first kappa shape index (κ1) is 22.4. The molecule has 8 heavy (non-hydrogen) atoms. The van der Waals surface area contributed by atoms with Crippen LogP contribution in [0.15, 0.2) is 0 Å². The van der Waals surface area contributed by atoms with E-state index in [4.69, 9.17) is 19.2 Å². The van der Waals surface area contributed by atoms with Crippen molar-refractivity contribution < 1.29 is 19.2 Å². The molecule has 0 aromatic rings. The minimum absolute atomic E-state index is 0. The fourth-order valence-corrected chi connectivity index (χ4v) is 0. The Kier molecular flexibility index (Phi) is 27.6. The summed E-state index contributed by atoms with van der Waals surface area (Å²) in [7, 11) is -4.64.